The van der Waals surface area contributed by atoms with Crippen molar-refractivity contribution in [1.29, 1.82) is 0 Å². The van der Waals surface area contributed by atoms with Gasteiger partial charge in [-0.2, -0.15) is 0 Å². The zero-order valence-electron chi connectivity index (χ0n) is 54.6. The number of allylic oxidation sites excluding steroid dienone is 2. The second-order valence-electron chi connectivity index (χ2n) is 25.6. The fourth-order valence-electron chi connectivity index (χ4n) is 11.9. The highest BCUT2D eigenvalue weighted by atomic mass is 16.5. The van der Waals surface area contributed by atoms with E-state index in [-0.39, 0.29) is 18.5 Å². The topological polar surface area (TPSA) is 95.9 Å². The Morgan fingerprint density at radius 2 is 0.588 bits per heavy atom. The Labute approximate surface area is 501 Å². The maximum absolute atomic E-state index is 12.5. The highest BCUT2D eigenvalue weighted by Gasteiger charge is 2.20. The Morgan fingerprint density at radius 3 is 0.887 bits per heavy atom. The summed E-state index contributed by atoms with van der Waals surface area (Å²) >= 11 is 0. The molecule has 0 saturated heterocycles. The standard InChI is InChI=1S/C74H145NO5/c1-3-5-7-9-11-13-15-17-19-20-33-36-39-42-46-50-54-58-62-66-72(77)71(70-76)75-73(78)67-63-59-55-51-47-43-40-37-34-31-29-27-25-23-21-22-24-26-28-30-32-35-38-41-45-49-53-57-61-65-69-80-74(79)68-64-60-56-52-48-44-18-16-14-12-10-8-6-4-2/h22,24,71-72,76-77H,3-21,23,25-70H2,1-2H3,(H,75,78)/b24-22-. The zero-order chi connectivity index (χ0) is 57.8. The summed E-state index contributed by atoms with van der Waals surface area (Å²) in [4.78, 5) is 24.6. The third-order valence-electron chi connectivity index (χ3n) is 17.6. The molecule has 0 aliphatic carbocycles. The summed E-state index contributed by atoms with van der Waals surface area (Å²) < 4.78 is 5.50. The monoisotopic (exact) mass is 1130 g/mol. The van der Waals surface area contributed by atoms with Crippen LogP contribution in [-0.4, -0.2) is 47.4 Å². The molecule has 2 unspecified atom stereocenters. The van der Waals surface area contributed by atoms with E-state index in [9.17, 15) is 19.8 Å². The van der Waals surface area contributed by atoms with Crippen LogP contribution in [0.25, 0.3) is 0 Å². The number of hydrogen-bond donors (Lipinski definition) is 3. The predicted molar refractivity (Wildman–Crippen MR) is 352 cm³/mol. The lowest BCUT2D eigenvalue weighted by atomic mass is 10.0. The Balaban J connectivity index is 3.35. The molecule has 6 heteroatoms. The molecule has 0 fully saturated rings. The fraction of sp³-hybridized carbons (Fsp3) is 0.946. The van der Waals surface area contributed by atoms with Gasteiger partial charge in [-0.3, -0.25) is 9.59 Å². The minimum Gasteiger partial charge on any atom is -0.466 e. The van der Waals surface area contributed by atoms with Gasteiger partial charge in [-0.25, -0.2) is 0 Å². The Bertz CT molecular complexity index is 1210. The Hall–Kier alpha value is -1.40. The van der Waals surface area contributed by atoms with E-state index in [4.69, 9.17) is 4.74 Å². The molecule has 80 heavy (non-hydrogen) atoms. The van der Waals surface area contributed by atoms with Crippen molar-refractivity contribution in [2.45, 2.75) is 437 Å². The third kappa shape index (κ3) is 65.7. The fourth-order valence-corrected chi connectivity index (χ4v) is 11.9. The number of unbranched alkanes of at least 4 members (excludes halogenated alkanes) is 57. The summed E-state index contributed by atoms with van der Waals surface area (Å²) in [7, 11) is 0. The van der Waals surface area contributed by atoms with Crippen molar-refractivity contribution in [2.75, 3.05) is 13.2 Å². The molecular formula is C74H145NO5. The molecule has 0 aliphatic rings. The van der Waals surface area contributed by atoms with E-state index >= 15 is 0 Å². The van der Waals surface area contributed by atoms with E-state index in [1.54, 1.807) is 0 Å². The van der Waals surface area contributed by atoms with Gasteiger partial charge in [-0.05, 0) is 51.4 Å². The van der Waals surface area contributed by atoms with E-state index in [0.29, 0.717) is 25.9 Å². The van der Waals surface area contributed by atoms with Crippen LogP contribution in [0.4, 0.5) is 0 Å². The van der Waals surface area contributed by atoms with Gasteiger partial charge in [0.2, 0.25) is 5.91 Å². The van der Waals surface area contributed by atoms with Crippen LogP contribution in [0, 0.1) is 0 Å². The smallest absolute Gasteiger partial charge is 0.305 e. The van der Waals surface area contributed by atoms with Crippen molar-refractivity contribution >= 4 is 11.9 Å². The normalized spacial score (nSPS) is 12.5. The highest BCUT2D eigenvalue weighted by molar-refractivity contribution is 5.76. The summed E-state index contributed by atoms with van der Waals surface area (Å²) in [5.41, 5.74) is 0. The molecule has 0 rings (SSSR count). The number of rotatable bonds is 70. The molecule has 0 radical (unpaired) electrons. The zero-order valence-corrected chi connectivity index (χ0v) is 54.6. The van der Waals surface area contributed by atoms with Crippen LogP contribution in [0.2, 0.25) is 0 Å². The average Bonchev–Trinajstić information content (AvgIpc) is 3.46. The van der Waals surface area contributed by atoms with Crippen molar-refractivity contribution in [3.8, 4) is 0 Å². The highest BCUT2D eigenvalue weighted by Crippen LogP contribution is 2.19. The van der Waals surface area contributed by atoms with Gasteiger partial charge in [-0.15, -0.1) is 0 Å². The average molecular weight is 1130 g/mol. The van der Waals surface area contributed by atoms with Crippen molar-refractivity contribution in [1.82, 2.24) is 5.32 Å². The molecule has 0 aromatic carbocycles. The summed E-state index contributed by atoms with van der Waals surface area (Å²) in [6.45, 7) is 5.00. The lowest BCUT2D eigenvalue weighted by Gasteiger charge is -2.22. The van der Waals surface area contributed by atoms with Gasteiger partial charge >= 0.3 is 5.97 Å². The lowest BCUT2D eigenvalue weighted by molar-refractivity contribution is -0.143. The number of hydrogen-bond acceptors (Lipinski definition) is 5. The second kappa shape index (κ2) is 70.1. The first-order valence-corrected chi connectivity index (χ1v) is 36.9. The predicted octanol–water partition coefficient (Wildman–Crippen LogP) is 23.9. The van der Waals surface area contributed by atoms with Crippen LogP contribution in [0.3, 0.4) is 0 Å². The number of ether oxygens (including phenoxy) is 1. The number of carbonyl (C=O) groups is 2. The van der Waals surface area contributed by atoms with Gasteiger partial charge in [0.15, 0.2) is 0 Å². The SMILES string of the molecule is CCCCCCCCCCCCCCCCCCCCCC(O)C(CO)NC(=O)CCCCCCCCCCCCCCCC/C=C\CCCCCCCCCCCCCCOC(=O)CCCCCCCCCCCCCCCC. The molecule has 6 nitrogen and oxygen atoms in total. The maximum Gasteiger partial charge on any atom is 0.305 e. The van der Waals surface area contributed by atoms with E-state index in [0.717, 1.165) is 38.5 Å². The van der Waals surface area contributed by atoms with Gasteiger partial charge < -0.3 is 20.3 Å². The van der Waals surface area contributed by atoms with Gasteiger partial charge in [0.05, 0.1) is 25.4 Å². The molecule has 0 bridgehead atoms. The van der Waals surface area contributed by atoms with Crippen LogP contribution in [-0.2, 0) is 14.3 Å². The number of nitrogens with one attached hydrogen (secondary N) is 1. The molecule has 1 amide bonds. The lowest BCUT2D eigenvalue weighted by Crippen LogP contribution is -2.45. The summed E-state index contributed by atoms with van der Waals surface area (Å²) in [5, 5.41) is 23.4. The van der Waals surface area contributed by atoms with Crippen LogP contribution in [0.5, 0.6) is 0 Å². The first-order valence-electron chi connectivity index (χ1n) is 36.9. The first-order chi connectivity index (χ1) is 39.5. The molecule has 0 aromatic heterocycles. The number of aliphatic hydroxyl groups excluding tert-OH is 2. The Kier molecular flexibility index (Phi) is 68.9. The van der Waals surface area contributed by atoms with E-state index in [1.165, 1.54) is 353 Å². The summed E-state index contributed by atoms with van der Waals surface area (Å²) in [5.74, 6) is -0.00820. The summed E-state index contributed by atoms with van der Waals surface area (Å²) in [6.07, 6.45) is 87.0. The Morgan fingerprint density at radius 1 is 0.338 bits per heavy atom. The van der Waals surface area contributed by atoms with Gasteiger partial charge in [-0.1, -0.05) is 373 Å². The molecule has 0 heterocycles. The second-order valence-corrected chi connectivity index (χ2v) is 25.6. The maximum atomic E-state index is 12.5. The molecule has 0 spiro atoms. The minimum atomic E-state index is -0.663. The van der Waals surface area contributed by atoms with Crippen molar-refractivity contribution in [2.24, 2.45) is 0 Å². The number of aliphatic hydroxyl groups is 2. The van der Waals surface area contributed by atoms with Gasteiger partial charge in [0.1, 0.15) is 0 Å². The van der Waals surface area contributed by atoms with E-state index in [2.05, 4.69) is 31.3 Å². The van der Waals surface area contributed by atoms with Crippen LogP contribution >= 0.6 is 0 Å². The van der Waals surface area contributed by atoms with Gasteiger partial charge in [0, 0.05) is 12.8 Å². The first kappa shape index (κ1) is 78.6. The van der Waals surface area contributed by atoms with E-state index in [1.807, 2.05) is 0 Å². The third-order valence-corrected chi connectivity index (χ3v) is 17.6. The quantitative estimate of drug-likeness (QED) is 0.0320. The minimum absolute atomic E-state index is 0.0205. The number of esters is 1. The van der Waals surface area contributed by atoms with Crippen molar-refractivity contribution < 1.29 is 24.5 Å². The van der Waals surface area contributed by atoms with E-state index < -0.39 is 12.1 Å². The van der Waals surface area contributed by atoms with Crippen LogP contribution < -0.4 is 5.32 Å². The number of carbonyl (C=O) groups excluding carboxylic acids is 2. The number of amides is 1. The largest absolute Gasteiger partial charge is 0.466 e. The van der Waals surface area contributed by atoms with Crippen LogP contribution in [0.15, 0.2) is 12.2 Å². The van der Waals surface area contributed by atoms with Crippen molar-refractivity contribution in [3.05, 3.63) is 12.2 Å². The molecule has 2 atom stereocenters. The molecule has 476 valence electrons. The van der Waals surface area contributed by atoms with Gasteiger partial charge in [0.25, 0.3) is 0 Å². The van der Waals surface area contributed by atoms with Crippen LogP contribution in [0.1, 0.15) is 425 Å². The summed E-state index contributed by atoms with van der Waals surface area (Å²) in [6, 6.07) is -0.540. The molecule has 0 aliphatic heterocycles. The molecule has 0 saturated carbocycles. The molecule has 3 N–H and O–H groups in total. The van der Waals surface area contributed by atoms with Crippen molar-refractivity contribution in [3.63, 3.8) is 0 Å². The molecule has 0 aromatic rings. The molecular weight excluding hydrogens is 983 g/mol.